The third-order valence-corrected chi connectivity index (χ3v) is 2.68. The van der Waals surface area contributed by atoms with Gasteiger partial charge in [-0.05, 0) is 20.3 Å². The maximum absolute atomic E-state index is 12.0. The second-order valence-electron chi connectivity index (χ2n) is 4.34. The van der Waals surface area contributed by atoms with Crippen LogP contribution in [0.3, 0.4) is 0 Å². The topological polar surface area (TPSA) is 49.4 Å². The number of hydrogen-bond acceptors (Lipinski definition) is 2. The normalized spacial score (nSPS) is 21.4. The van der Waals surface area contributed by atoms with Crippen LogP contribution in [0.4, 0.5) is 0 Å². The maximum atomic E-state index is 12.0. The van der Waals surface area contributed by atoms with Crippen LogP contribution in [0.15, 0.2) is 11.6 Å². The van der Waals surface area contributed by atoms with E-state index in [1.165, 1.54) is 5.57 Å². The van der Waals surface area contributed by atoms with Gasteiger partial charge in [0.05, 0.1) is 0 Å². The summed E-state index contributed by atoms with van der Waals surface area (Å²) in [5.74, 6) is 0.00532. The van der Waals surface area contributed by atoms with Gasteiger partial charge in [0.2, 0.25) is 11.8 Å². The number of allylic oxidation sites excluding steroid dienone is 1. The molecular weight excluding hydrogens is 204 g/mol. The molecule has 4 heteroatoms. The van der Waals surface area contributed by atoms with Crippen molar-refractivity contribution in [1.82, 2.24) is 10.2 Å². The minimum atomic E-state index is -0.347. The Morgan fingerprint density at radius 2 is 2.19 bits per heavy atom. The van der Waals surface area contributed by atoms with E-state index in [0.717, 1.165) is 0 Å². The van der Waals surface area contributed by atoms with Crippen LogP contribution in [0, 0.1) is 0 Å². The molecule has 1 rings (SSSR count). The van der Waals surface area contributed by atoms with E-state index in [9.17, 15) is 9.59 Å². The Bertz CT molecular complexity index is 306. The lowest BCUT2D eigenvalue weighted by Gasteiger charge is -2.22. The van der Waals surface area contributed by atoms with Crippen molar-refractivity contribution in [3.05, 3.63) is 11.6 Å². The predicted molar refractivity (Wildman–Crippen MR) is 62.8 cm³/mol. The van der Waals surface area contributed by atoms with Crippen LogP contribution in [0.2, 0.25) is 0 Å². The lowest BCUT2D eigenvalue weighted by Crippen LogP contribution is -2.44. The van der Waals surface area contributed by atoms with Gasteiger partial charge in [0.25, 0.3) is 0 Å². The van der Waals surface area contributed by atoms with Crippen molar-refractivity contribution >= 4 is 11.8 Å². The number of rotatable bonds is 3. The van der Waals surface area contributed by atoms with Gasteiger partial charge in [-0.2, -0.15) is 0 Å². The molecule has 1 fully saturated rings. The van der Waals surface area contributed by atoms with Crippen molar-refractivity contribution in [2.45, 2.75) is 39.7 Å². The molecule has 1 N–H and O–H groups in total. The predicted octanol–water partition coefficient (Wildman–Crippen LogP) is 1.08. The first-order valence-electron chi connectivity index (χ1n) is 5.76. The molecule has 0 aliphatic carbocycles. The highest BCUT2D eigenvalue weighted by Crippen LogP contribution is 2.07. The fourth-order valence-corrected chi connectivity index (χ4v) is 1.65. The molecule has 1 heterocycles. The molecule has 0 spiro atoms. The Labute approximate surface area is 96.7 Å². The molecule has 1 unspecified atom stereocenters. The van der Waals surface area contributed by atoms with Gasteiger partial charge in [0.15, 0.2) is 0 Å². The van der Waals surface area contributed by atoms with Gasteiger partial charge in [0.1, 0.15) is 6.04 Å². The first-order valence-corrected chi connectivity index (χ1v) is 5.76. The van der Waals surface area contributed by atoms with E-state index < -0.39 is 0 Å². The number of carbonyl (C=O) groups excluding carboxylic acids is 2. The average molecular weight is 224 g/mol. The van der Waals surface area contributed by atoms with Gasteiger partial charge >= 0.3 is 0 Å². The van der Waals surface area contributed by atoms with Crippen LogP contribution >= 0.6 is 0 Å². The highest BCUT2D eigenvalue weighted by atomic mass is 16.2. The summed E-state index contributed by atoms with van der Waals surface area (Å²) in [6.45, 7) is 7.04. The van der Waals surface area contributed by atoms with Gasteiger partial charge in [-0.15, -0.1) is 0 Å². The summed E-state index contributed by atoms with van der Waals surface area (Å²) in [6, 6.07) is -0.347. The highest BCUT2D eigenvalue weighted by Gasteiger charge is 2.27. The molecule has 1 aliphatic heterocycles. The zero-order valence-corrected chi connectivity index (χ0v) is 10.2. The van der Waals surface area contributed by atoms with Crippen LogP contribution in [-0.2, 0) is 9.59 Å². The highest BCUT2D eigenvalue weighted by molar-refractivity contribution is 5.89. The van der Waals surface area contributed by atoms with E-state index in [4.69, 9.17) is 0 Å². The number of nitrogens with one attached hydrogen (secondary N) is 1. The lowest BCUT2D eigenvalue weighted by molar-refractivity contribution is -0.133. The first kappa shape index (κ1) is 12.7. The van der Waals surface area contributed by atoms with Gasteiger partial charge in [-0.1, -0.05) is 18.6 Å². The van der Waals surface area contributed by atoms with E-state index in [1.807, 2.05) is 26.8 Å². The van der Waals surface area contributed by atoms with Crippen molar-refractivity contribution in [1.29, 1.82) is 0 Å². The van der Waals surface area contributed by atoms with Crippen LogP contribution in [0.25, 0.3) is 0 Å². The standard InChI is InChI=1S/C12H20N2O2/c1-4-10-12(16)14(7-5-9(2)3)8-6-11(15)13-10/h5,10H,4,6-8H2,1-3H3,(H,13,15). The second-order valence-corrected chi connectivity index (χ2v) is 4.34. The van der Waals surface area contributed by atoms with Crippen molar-refractivity contribution in [3.8, 4) is 0 Å². The van der Waals surface area contributed by atoms with Crippen molar-refractivity contribution in [2.75, 3.05) is 13.1 Å². The summed E-state index contributed by atoms with van der Waals surface area (Å²) in [5, 5.41) is 2.75. The summed E-state index contributed by atoms with van der Waals surface area (Å²) in [6.07, 6.45) is 3.06. The van der Waals surface area contributed by atoms with E-state index in [0.29, 0.717) is 25.9 Å². The molecule has 4 nitrogen and oxygen atoms in total. The first-order chi connectivity index (χ1) is 7.54. The van der Waals surface area contributed by atoms with Crippen LogP contribution < -0.4 is 5.32 Å². The van der Waals surface area contributed by atoms with Gasteiger partial charge in [0, 0.05) is 19.5 Å². The van der Waals surface area contributed by atoms with E-state index >= 15 is 0 Å². The Morgan fingerprint density at radius 3 is 2.75 bits per heavy atom. The van der Waals surface area contributed by atoms with Gasteiger partial charge in [-0.3, -0.25) is 9.59 Å². The zero-order valence-electron chi connectivity index (χ0n) is 10.2. The summed E-state index contributed by atoms with van der Waals surface area (Å²) in [5.41, 5.74) is 1.18. The van der Waals surface area contributed by atoms with Crippen LogP contribution in [-0.4, -0.2) is 35.8 Å². The Hall–Kier alpha value is -1.32. The number of hydrogen-bond donors (Lipinski definition) is 1. The fourth-order valence-electron chi connectivity index (χ4n) is 1.65. The number of amides is 2. The molecular formula is C12H20N2O2. The Kier molecular flexibility index (Phi) is 4.52. The molecule has 1 atom stereocenters. The minimum absolute atomic E-state index is 0.0279. The summed E-state index contributed by atoms with van der Waals surface area (Å²) in [7, 11) is 0. The number of carbonyl (C=O) groups is 2. The van der Waals surface area contributed by atoms with Crippen LogP contribution in [0.5, 0.6) is 0 Å². The van der Waals surface area contributed by atoms with Gasteiger partial charge < -0.3 is 10.2 Å². The van der Waals surface area contributed by atoms with Crippen molar-refractivity contribution in [3.63, 3.8) is 0 Å². The fraction of sp³-hybridized carbons (Fsp3) is 0.667. The van der Waals surface area contributed by atoms with E-state index in [2.05, 4.69) is 5.32 Å². The summed E-state index contributed by atoms with van der Waals surface area (Å²) < 4.78 is 0. The van der Waals surface area contributed by atoms with Crippen molar-refractivity contribution < 1.29 is 9.59 Å². The van der Waals surface area contributed by atoms with Gasteiger partial charge in [-0.25, -0.2) is 0 Å². The minimum Gasteiger partial charge on any atom is -0.344 e. The number of nitrogens with zero attached hydrogens (tertiary/aromatic N) is 1. The van der Waals surface area contributed by atoms with E-state index in [1.54, 1.807) is 4.90 Å². The lowest BCUT2D eigenvalue weighted by atomic mass is 10.2. The molecule has 1 aliphatic rings. The molecule has 0 aromatic rings. The molecule has 0 saturated carbocycles. The van der Waals surface area contributed by atoms with E-state index in [-0.39, 0.29) is 17.9 Å². The van der Waals surface area contributed by atoms with Crippen LogP contribution in [0.1, 0.15) is 33.6 Å². The summed E-state index contributed by atoms with van der Waals surface area (Å²) in [4.78, 5) is 25.1. The second kappa shape index (κ2) is 5.68. The Morgan fingerprint density at radius 1 is 1.50 bits per heavy atom. The van der Waals surface area contributed by atoms with Crippen molar-refractivity contribution in [2.24, 2.45) is 0 Å². The average Bonchev–Trinajstić information content (AvgIpc) is 2.36. The monoisotopic (exact) mass is 224 g/mol. The molecule has 1 saturated heterocycles. The molecule has 90 valence electrons. The SMILES string of the molecule is CCC1NC(=O)CCN(CC=C(C)C)C1=O. The smallest absolute Gasteiger partial charge is 0.245 e. The third-order valence-electron chi connectivity index (χ3n) is 2.68. The quantitative estimate of drug-likeness (QED) is 0.729. The Balaban J connectivity index is 2.72. The third kappa shape index (κ3) is 3.36. The molecule has 16 heavy (non-hydrogen) atoms. The molecule has 0 aromatic heterocycles. The molecule has 0 bridgehead atoms. The summed E-state index contributed by atoms with van der Waals surface area (Å²) >= 11 is 0. The molecule has 0 radical (unpaired) electrons. The zero-order chi connectivity index (χ0) is 12.1. The largest absolute Gasteiger partial charge is 0.344 e. The molecule has 0 aromatic carbocycles. The maximum Gasteiger partial charge on any atom is 0.245 e. The molecule has 2 amide bonds.